The van der Waals surface area contributed by atoms with Crippen LogP contribution in [0.4, 0.5) is 5.69 Å². The number of likely N-dealkylation sites (N-methyl/N-ethyl adjacent to an activating group) is 1. The fraction of sp³-hybridized carbons (Fsp3) is 0.647. The Bertz CT molecular complexity index is 413. The molecular weight excluding hydrogens is 280 g/mol. The van der Waals surface area contributed by atoms with E-state index in [0.29, 0.717) is 6.54 Å². The third-order valence-electron chi connectivity index (χ3n) is 3.51. The Labute approximate surface area is 134 Å². The number of nitrogens with zero attached hydrogens (tertiary/aromatic N) is 1. The summed E-state index contributed by atoms with van der Waals surface area (Å²) in [5.41, 5.74) is 2.22. The second-order valence-electron chi connectivity index (χ2n) is 5.04. The van der Waals surface area contributed by atoms with Gasteiger partial charge in [-0.25, -0.2) is 0 Å². The Balaban J connectivity index is 2.56. The fourth-order valence-corrected chi connectivity index (χ4v) is 2.34. The quantitative estimate of drug-likeness (QED) is 0.579. The summed E-state index contributed by atoms with van der Waals surface area (Å²) in [7, 11) is 1.69. The van der Waals surface area contributed by atoms with Gasteiger partial charge in [-0.3, -0.25) is 0 Å². The van der Waals surface area contributed by atoms with Gasteiger partial charge in [-0.15, -0.1) is 0 Å². The van der Waals surface area contributed by atoms with Crippen molar-refractivity contribution in [3.8, 4) is 5.75 Å². The number of ether oxygens (including phenoxy) is 2. The molecule has 0 unspecified atom stereocenters. The van der Waals surface area contributed by atoms with E-state index < -0.39 is 0 Å². The average Bonchev–Trinajstić information content (AvgIpc) is 2.55. The molecule has 1 aromatic rings. The molecular formula is C17H30N2O3. The van der Waals surface area contributed by atoms with Gasteiger partial charge < -0.3 is 24.8 Å². The largest absolute Gasteiger partial charge is 0.495 e. The number of aliphatic hydroxyl groups is 1. The van der Waals surface area contributed by atoms with E-state index in [0.717, 1.165) is 50.7 Å². The first-order valence-electron chi connectivity index (χ1n) is 8.07. The van der Waals surface area contributed by atoms with Crippen LogP contribution < -0.4 is 15.0 Å². The third-order valence-corrected chi connectivity index (χ3v) is 3.51. The topological polar surface area (TPSA) is 54.0 Å². The van der Waals surface area contributed by atoms with Crippen molar-refractivity contribution in [1.29, 1.82) is 0 Å². The highest BCUT2D eigenvalue weighted by atomic mass is 16.5. The zero-order valence-corrected chi connectivity index (χ0v) is 14.1. The molecule has 22 heavy (non-hydrogen) atoms. The molecule has 0 saturated heterocycles. The van der Waals surface area contributed by atoms with E-state index in [1.807, 2.05) is 6.92 Å². The maximum atomic E-state index is 9.15. The van der Waals surface area contributed by atoms with Crippen LogP contribution in [0, 0.1) is 0 Å². The van der Waals surface area contributed by atoms with E-state index in [4.69, 9.17) is 14.6 Å². The van der Waals surface area contributed by atoms with Crippen LogP contribution in [0.5, 0.6) is 5.75 Å². The molecule has 0 bridgehead atoms. The highest BCUT2D eigenvalue weighted by Crippen LogP contribution is 2.29. The van der Waals surface area contributed by atoms with Crippen LogP contribution in [0.1, 0.15) is 25.8 Å². The van der Waals surface area contributed by atoms with E-state index in [1.54, 1.807) is 7.11 Å². The van der Waals surface area contributed by atoms with Crippen LogP contribution in [0.25, 0.3) is 0 Å². The summed E-state index contributed by atoms with van der Waals surface area (Å²) in [4.78, 5) is 2.11. The summed E-state index contributed by atoms with van der Waals surface area (Å²) >= 11 is 0. The predicted molar refractivity (Wildman–Crippen MR) is 90.8 cm³/mol. The van der Waals surface area contributed by atoms with Crippen LogP contribution in [0.2, 0.25) is 0 Å². The van der Waals surface area contributed by atoms with Gasteiger partial charge in [0.1, 0.15) is 5.75 Å². The van der Waals surface area contributed by atoms with Gasteiger partial charge in [0.25, 0.3) is 0 Å². The van der Waals surface area contributed by atoms with Crippen molar-refractivity contribution in [3.05, 3.63) is 23.8 Å². The van der Waals surface area contributed by atoms with Crippen molar-refractivity contribution in [2.24, 2.45) is 0 Å². The van der Waals surface area contributed by atoms with E-state index in [1.165, 1.54) is 5.56 Å². The minimum absolute atomic E-state index is 0.139. The first kappa shape index (κ1) is 18.7. The van der Waals surface area contributed by atoms with Crippen LogP contribution in [-0.2, 0) is 11.3 Å². The van der Waals surface area contributed by atoms with Crippen molar-refractivity contribution in [2.45, 2.75) is 26.8 Å². The second kappa shape index (κ2) is 11.3. The van der Waals surface area contributed by atoms with Gasteiger partial charge in [-0.05, 0) is 44.5 Å². The smallest absolute Gasteiger partial charge is 0.142 e. The molecule has 0 atom stereocenters. The average molecular weight is 310 g/mol. The van der Waals surface area contributed by atoms with Gasteiger partial charge in [0.05, 0.1) is 19.4 Å². The first-order chi connectivity index (χ1) is 10.8. The zero-order valence-electron chi connectivity index (χ0n) is 14.1. The molecule has 0 fully saturated rings. The second-order valence-corrected chi connectivity index (χ2v) is 5.04. The molecule has 0 aliphatic heterocycles. The zero-order chi connectivity index (χ0) is 16.2. The number of benzene rings is 1. The van der Waals surface area contributed by atoms with Crippen molar-refractivity contribution < 1.29 is 14.6 Å². The number of rotatable bonds is 12. The van der Waals surface area contributed by atoms with Gasteiger partial charge in [0.15, 0.2) is 0 Å². The first-order valence-corrected chi connectivity index (χ1v) is 8.07. The molecule has 0 aromatic heterocycles. The number of hydrogen-bond acceptors (Lipinski definition) is 5. The molecule has 1 aromatic carbocycles. The minimum atomic E-state index is 0.139. The maximum Gasteiger partial charge on any atom is 0.142 e. The number of anilines is 1. The van der Waals surface area contributed by atoms with E-state index in [9.17, 15) is 0 Å². The Morgan fingerprint density at radius 1 is 1.27 bits per heavy atom. The fourth-order valence-electron chi connectivity index (χ4n) is 2.34. The molecule has 0 heterocycles. The molecule has 2 N–H and O–H groups in total. The summed E-state index contributed by atoms with van der Waals surface area (Å²) < 4.78 is 10.8. The molecule has 5 heteroatoms. The van der Waals surface area contributed by atoms with Crippen molar-refractivity contribution in [1.82, 2.24) is 5.32 Å². The molecule has 0 spiro atoms. The summed E-state index contributed by atoms with van der Waals surface area (Å²) in [5.74, 6) is 0.851. The summed E-state index contributed by atoms with van der Waals surface area (Å²) in [6, 6.07) is 6.23. The third kappa shape index (κ3) is 6.22. The van der Waals surface area contributed by atoms with Crippen molar-refractivity contribution >= 4 is 5.69 Å². The number of methoxy groups -OCH3 is 1. The lowest BCUT2D eigenvalue weighted by atomic mass is 10.1. The lowest BCUT2D eigenvalue weighted by Gasteiger charge is -2.24. The summed E-state index contributed by atoms with van der Waals surface area (Å²) in [5, 5.41) is 12.6. The molecule has 0 saturated carbocycles. The molecule has 1 rings (SSSR count). The SMILES string of the molecule is CCOCCCNCc1ccc(N(CC)CCO)c(OC)c1. The monoisotopic (exact) mass is 310 g/mol. The Kier molecular flexibility index (Phi) is 9.62. The molecule has 0 aliphatic rings. The van der Waals surface area contributed by atoms with Crippen LogP contribution in [0.15, 0.2) is 18.2 Å². The predicted octanol–water partition coefficient (Wildman–Crippen LogP) is 2.03. The minimum Gasteiger partial charge on any atom is -0.495 e. The van der Waals surface area contributed by atoms with Gasteiger partial charge in [0.2, 0.25) is 0 Å². The summed E-state index contributed by atoms with van der Waals surface area (Å²) in [6.45, 7) is 9.01. The van der Waals surface area contributed by atoms with E-state index in [2.05, 4.69) is 35.3 Å². The number of aliphatic hydroxyl groups excluding tert-OH is 1. The molecule has 5 nitrogen and oxygen atoms in total. The normalized spacial score (nSPS) is 10.7. The van der Waals surface area contributed by atoms with Crippen molar-refractivity contribution in [2.75, 3.05) is 51.5 Å². The van der Waals surface area contributed by atoms with Crippen LogP contribution in [-0.4, -0.2) is 51.7 Å². The molecule has 126 valence electrons. The Hall–Kier alpha value is -1.30. The van der Waals surface area contributed by atoms with Crippen LogP contribution >= 0.6 is 0 Å². The highest BCUT2D eigenvalue weighted by Gasteiger charge is 2.10. The van der Waals surface area contributed by atoms with E-state index in [-0.39, 0.29) is 6.61 Å². The standard InChI is InChI=1S/C17H30N2O3/c1-4-19(10-11-20)16-8-7-15(13-17(16)21-3)14-18-9-6-12-22-5-2/h7-8,13,18,20H,4-6,9-12,14H2,1-3H3. The van der Waals surface area contributed by atoms with Crippen LogP contribution in [0.3, 0.4) is 0 Å². The van der Waals surface area contributed by atoms with Gasteiger partial charge in [0, 0.05) is 32.8 Å². The highest BCUT2D eigenvalue weighted by molar-refractivity contribution is 5.59. The number of hydrogen-bond donors (Lipinski definition) is 2. The summed E-state index contributed by atoms with van der Waals surface area (Å²) in [6.07, 6.45) is 1.02. The van der Waals surface area contributed by atoms with Gasteiger partial charge in [-0.2, -0.15) is 0 Å². The molecule has 0 radical (unpaired) electrons. The van der Waals surface area contributed by atoms with Crippen molar-refractivity contribution in [3.63, 3.8) is 0 Å². The lowest BCUT2D eigenvalue weighted by molar-refractivity contribution is 0.144. The lowest BCUT2D eigenvalue weighted by Crippen LogP contribution is -2.26. The maximum absolute atomic E-state index is 9.15. The van der Waals surface area contributed by atoms with Gasteiger partial charge >= 0.3 is 0 Å². The Morgan fingerprint density at radius 2 is 2.09 bits per heavy atom. The molecule has 0 aliphatic carbocycles. The van der Waals surface area contributed by atoms with Gasteiger partial charge in [-0.1, -0.05) is 6.07 Å². The van der Waals surface area contributed by atoms with E-state index >= 15 is 0 Å². The Morgan fingerprint density at radius 3 is 2.73 bits per heavy atom. The molecule has 0 amide bonds. The number of nitrogens with one attached hydrogen (secondary N) is 1.